The highest BCUT2D eigenvalue weighted by Gasteiger charge is 2.22. The summed E-state index contributed by atoms with van der Waals surface area (Å²) in [7, 11) is 0. The average Bonchev–Trinajstić information content (AvgIpc) is 2.40. The van der Waals surface area contributed by atoms with E-state index in [1.54, 1.807) is 11.3 Å². The van der Waals surface area contributed by atoms with Crippen LogP contribution in [0.3, 0.4) is 0 Å². The van der Waals surface area contributed by atoms with Crippen molar-refractivity contribution in [2.45, 2.75) is 38.0 Å². The molecule has 1 unspecified atom stereocenters. The molecule has 2 rings (SSSR count). The van der Waals surface area contributed by atoms with Crippen molar-refractivity contribution in [2.24, 2.45) is 5.92 Å². The van der Waals surface area contributed by atoms with Crippen LogP contribution in [-0.4, -0.2) is 0 Å². The van der Waals surface area contributed by atoms with E-state index in [9.17, 15) is 0 Å². The molecule has 0 saturated heterocycles. The van der Waals surface area contributed by atoms with E-state index in [1.807, 2.05) is 0 Å². The maximum atomic E-state index is 6.39. The van der Waals surface area contributed by atoms with Crippen LogP contribution in [0, 0.1) is 12.8 Å². The predicted molar refractivity (Wildman–Crippen MR) is 67.3 cm³/mol. The zero-order chi connectivity index (χ0) is 10.1. The van der Waals surface area contributed by atoms with Gasteiger partial charge in [0.1, 0.15) is 0 Å². The molecule has 0 aromatic carbocycles. The first kappa shape index (κ1) is 11.0. The summed E-state index contributed by atoms with van der Waals surface area (Å²) in [6.45, 7) is 2.12. The number of halogens is 2. The number of thiophene rings is 1. The van der Waals surface area contributed by atoms with Gasteiger partial charge >= 0.3 is 0 Å². The van der Waals surface area contributed by atoms with Crippen LogP contribution in [0.4, 0.5) is 0 Å². The van der Waals surface area contributed by atoms with E-state index in [0.29, 0.717) is 0 Å². The van der Waals surface area contributed by atoms with Gasteiger partial charge in [-0.3, -0.25) is 0 Å². The monoisotopic (exact) mass is 292 g/mol. The second-order valence-electron chi connectivity index (χ2n) is 4.11. The van der Waals surface area contributed by atoms with Gasteiger partial charge in [-0.25, -0.2) is 0 Å². The summed E-state index contributed by atoms with van der Waals surface area (Å²) in [4.78, 5) is 1.32. The van der Waals surface area contributed by atoms with E-state index in [4.69, 9.17) is 11.6 Å². The van der Waals surface area contributed by atoms with Gasteiger partial charge in [0.05, 0.1) is 9.16 Å². The maximum absolute atomic E-state index is 6.39. The largest absolute Gasteiger partial charge is 0.131 e. The quantitative estimate of drug-likeness (QED) is 0.664. The molecule has 1 aromatic rings. The second-order valence-corrected chi connectivity index (χ2v) is 7.03. The van der Waals surface area contributed by atoms with Crippen LogP contribution < -0.4 is 0 Å². The van der Waals surface area contributed by atoms with Crippen molar-refractivity contribution in [3.8, 4) is 0 Å². The fourth-order valence-corrected chi connectivity index (χ4v) is 3.79. The van der Waals surface area contributed by atoms with Crippen molar-refractivity contribution in [1.29, 1.82) is 0 Å². The molecule has 1 atom stereocenters. The Bertz CT molecular complexity index is 298. The highest BCUT2D eigenvalue weighted by molar-refractivity contribution is 9.11. The van der Waals surface area contributed by atoms with Crippen molar-refractivity contribution in [2.75, 3.05) is 0 Å². The third-order valence-electron chi connectivity index (χ3n) is 2.95. The molecule has 0 spiro atoms. The van der Waals surface area contributed by atoms with Crippen LogP contribution >= 0.6 is 38.9 Å². The second kappa shape index (κ2) is 4.54. The molecule has 1 heterocycles. The van der Waals surface area contributed by atoms with Gasteiger partial charge < -0.3 is 0 Å². The first-order valence-corrected chi connectivity index (χ1v) is 7.11. The minimum atomic E-state index is 0.232. The molecule has 1 fully saturated rings. The van der Waals surface area contributed by atoms with E-state index in [-0.39, 0.29) is 5.38 Å². The van der Waals surface area contributed by atoms with Gasteiger partial charge in [-0.15, -0.1) is 22.9 Å². The van der Waals surface area contributed by atoms with E-state index >= 15 is 0 Å². The van der Waals surface area contributed by atoms with Crippen molar-refractivity contribution in [1.82, 2.24) is 0 Å². The Morgan fingerprint density at radius 3 is 2.79 bits per heavy atom. The van der Waals surface area contributed by atoms with Crippen molar-refractivity contribution < 1.29 is 0 Å². The van der Waals surface area contributed by atoms with Gasteiger partial charge in [-0.05, 0) is 46.8 Å². The van der Waals surface area contributed by atoms with E-state index in [0.717, 1.165) is 12.3 Å². The van der Waals surface area contributed by atoms with Crippen LogP contribution in [0.1, 0.15) is 41.5 Å². The highest BCUT2D eigenvalue weighted by Crippen LogP contribution is 2.41. The van der Waals surface area contributed by atoms with Gasteiger partial charge in [0.15, 0.2) is 0 Å². The molecule has 78 valence electrons. The molecule has 0 N–H and O–H groups in total. The molecule has 0 aliphatic heterocycles. The number of rotatable bonds is 3. The number of hydrogen-bond acceptors (Lipinski definition) is 1. The minimum absolute atomic E-state index is 0.232. The van der Waals surface area contributed by atoms with Crippen LogP contribution in [0.2, 0.25) is 0 Å². The van der Waals surface area contributed by atoms with Gasteiger partial charge in [0.2, 0.25) is 0 Å². The Morgan fingerprint density at radius 1 is 1.64 bits per heavy atom. The van der Waals surface area contributed by atoms with Crippen LogP contribution in [0.15, 0.2) is 9.85 Å². The van der Waals surface area contributed by atoms with Crippen molar-refractivity contribution in [3.05, 3.63) is 20.3 Å². The van der Waals surface area contributed by atoms with Crippen molar-refractivity contribution in [3.63, 3.8) is 0 Å². The molecular formula is C11H14BrClS. The Kier molecular flexibility index (Phi) is 3.56. The Hall–Kier alpha value is 0.470. The third kappa shape index (κ3) is 2.34. The minimum Gasteiger partial charge on any atom is -0.131 e. The van der Waals surface area contributed by atoms with Crippen molar-refractivity contribution >= 4 is 38.9 Å². The lowest BCUT2D eigenvalue weighted by molar-refractivity contribution is 0.294. The smallest absolute Gasteiger partial charge is 0.0731 e. The fourth-order valence-electron chi connectivity index (χ4n) is 1.78. The SMILES string of the molecule is Cc1cc(C(Cl)CC2CCC2)sc1Br. The van der Waals surface area contributed by atoms with Gasteiger partial charge in [-0.1, -0.05) is 19.3 Å². The van der Waals surface area contributed by atoms with Gasteiger partial charge in [0.25, 0.3) is 0 Å². The zero-order valence-electron chi connectivity index (χ0n) is 8.22. The Labute approximate surface area is 103 Å². The average molecular weight is 294 g/mol. The summed E-state index contributed by atoms with van der Waals surface area (Å²) in [5.74, 6) is 0.888. The third-order valence-corrected chi connectivity index (χ3v) is 5.74. The molecule has 0 amide bonds. The first-order chi connectivity index (χ1) is 6.66. The van der Waals surface area contributed by atoms with Crippen LogP contribution in [-0.2, 0) is 0 Å². The molecule has 0 bridgehead atoms. The zero-order valence-corrected chi connectivity index (χ0v) is 11.4. The molecule has 0 nitrogen and oxygen atoms in total. The van der Waals surface area contributed by atoms with Gasteiger partial charge in [0, 0.05) is 4.88 Å². The van der Waals surface area contributed by atoms with E-state index in [2.05, 4.69) is 28.9 Å². The molecule has 0 radical (unpaired) electrons. The van der Waals surface area contributed by atoms with Crippen LogP contribution in [0.25, 0.3) is 0 Å². The Balaban J connectivity index is 1.98. The number of alkyl halides is 1. The normalized spacial score (nSPS) is 19.4. The summed E-state index contributed by atoms with van der Waals surface area (Å²) in [6, 6.07) is 2.21. The lowest BCUT2D eigenvalue weighted by Crippen LogP contribution is -2.12. The summed E-state index contributed by atoms with van der Waals surface area (Å²) >= 11 is 11.7. The fraction of sp³-hybridized carbons (Fsp3) is 0.636. The molecule has 1 aliphatic carbocycles. The van der Waals surface area contributed by atoms with Gasteiger partial charge in [-0.2, -0.15) is 0 Å². The summed E-state index contributed by atoms with van der Waals surface area (Å²) < 4.78 is 1.23. The van der Waals surface area contributed by atoms with E-state index in [1.165, 1.54) is 33.5 Å². The van der Waals surface area contributed by atoms with E-state index < -0.39 is 0 Å². The van der Waals surface area contributed by atoms with Crippen LogP contribution in [0.5, 0.6) is 0 Å². The molecule has 1 saturated carbocycles. The lowest BCUT2D eigenvalue weighted by Gasteiger charge is -2.26. The molecule has 1 aromatic heterocycles. The standard InChI is InChI=1S/C11H14BrClS/c1-7-5-10(14-11(7)12)9(13)6-8-3-2-4-8/h5,8-9H,2-4,6H2,1H3. The topological polar surface area (TPSA) is 0 Å². The summed E-state index contributed by atoms with van der Waals surface area (Å²) in [5, 5.41) is 0.232. The Morgan fingerprint density at radius 2 is 2.36 bits per heavy atom. The number of hydrogen-bond donors (Lipinski definition) is 0. The molecule has 3 heteroatoms. The highest BCUT2D eigenvalue weighted by atomic mass is 79.9. The lowest BCUT2D eigenvalue weighted by atomic mass is 9.82. The molecule has 14 heavy (non-hydrogen) atoms. The maximum Gasteiger partial charge on any atom is 0.0731 e. The molecular weight excluding hydrogens is 280 g/mol. The summed E-state index contributed by atoms with van der Waals surface area (Å²) in [5.41, 5.74) is 1.31. The summed E-state index contributed by atoms with van der Waals surface area (Å²) in [6.07, 6.45) is 5.33. The number of aryl methyl sites for hydroxylation is 1. The first-order valence-electron chi connectivity index (χ1n) is 5.06. The molecule has 1 aliphatic rings. The predicted octanol–water partition coefficient (Wildman–Crippen LogP) is 5.29.